The van der Waals surface area contributed by atoms with Gasteiger partial charge in [0.15, 0.2) is 11.5 Å². The zero-order valence-electron chi connectivity index (χ0n) is 15.2. The molecular formula is C17H22ClN5O3. The highest BCUT2D eigenvalue weighted by molar-refractivity contribution is 6.32. The first-order valence-corrected chi connectivity index (χ1v) is 8.60. The van der Waals surface area contributed by atoms with E-state index in [0.717, 1.165) is 0 Å². The van der Waals surface area contributed by atoms with Crippen LogP contribution in [0.5, 0.6) is 11.5 Å². The summed E-state index contributed by atoms with van der Waals surface area (Å²) < 4.78 is 11.4. The normalized spacial score (nSPS) is 11.2. The second-order valence-corrected chi connectivity index (χ2v) is 6.33. The molecule has 8 nitrogen and oxygen atoms in total. The van der Waals surface area contributed by atoms with Crippen LogP contribution >= 0.6 is 11.6 Å². The minimum atomic E-state index is -0.328. The van der Waals surface area contributed by atoms with Crippen molar-refractivity contribution in [3.63, 3.8) is 0 Å². The number of hydrazone groups is 1. The van der Waals surface area contributed by atoms with Crippen molar-refractivity contribution in [2.24, 2.45) is 11.0 Å². The highest BCUT2D eigenvalue weighted by atomic mass is 35.5. The molecule has 9 heteroatoms. The summed E-state index contributed by atoms with van der Waals surface area (Å²) in [6.07, 6.45) is 1.53. The molecule has 0 atom stereocenters. The van der Waals surface area contributed by atoms with Crippen LogP contribution in [0.3, 0.4) is 0 Å². The number of anilines is 1. The Labute approximate surface area is 156 Å². The molecule has 0 amide bonds. The van der Waals surface area contributed by atoms with Crippen LogP contribution in [-0.2, 0) is 0 Å². The topological polar surface area (TPSA) is 101 Å². The van der Waals surface area contributed by atoms with E-state index in [2.05, 4.69) is 39.6 Å². The van der Waals surface area contributed by atoms with Gasteiger partial charge in [0.25, 0.3) is 5.56 Å². The van der Waals surface area contributed by atoms with Gasteiger partial charge in [-0.1, -0.05) is 25.4 Å². The molecule has 2 aromatic rings. The van der Waals surface area contributed by atoms with Gasteiger partial charge in [-0.3, -0.25) is 9.78 Å². The molecule has 0 saturated carbocycles. The number of nitrogens with one attached hydrogen (secondary N) is 2. The number of halogens is 1. The van der Waals surface area contributed by atoms with E-state index >= 15 is 0 Å². The van der Waals surface area contributed by atoms with Crippen LogP contribution in [0.1, 0.15) is 32.0 Å². The van der Waals surface area contributed by atoms with Gasteiger partial charge in [0.2, 0.25) is 5.95 Å². The smallest absolute Gasteiger partial charge is 0.274 e. The van der Waals surface area contributed by atoms with E-state index in [0.29, 0.717) is 41.2 Å². The average Bonchev–Trinajstić information content (AvgIpc) is 2.57. The van der Waals surface area contributed by atoms with Crippen LogP contribution in [0.25, 0.3) is 0 Å². The maximum atomic E-state index is 11.5. The lowest BCUT2D eigenvalue weighted by molar-refractivity contribution is 0.248. The third-order valence-electron chi connectivity index (χ3n) is 3.14. The van der Waals surface area contributed by atoms with Gasteiger partial charge in [0.05, 0.1) is 24.5 Å². The Hall–Kier alpha value is -2.61. The van der Waals surface area contributed by atoms with Gasteiger partial charge in [-0.15, -0.1) is 10.2 Å². The highest BCUT2D eigenvalue weighted by Gasteiger charge is 2.13. The molecule has 1 aromatic heterocycles. The van der Waals surface area contributed by atoms with E-state index in [-0.39, 0.29) is 17.2 Å². The summed E-state index contributed by atoms with van der Waals surface area (Å²) in [6.45, 7) is 8.58. The van der Waals surface area contributed by atoms with Gasteiger partial charge in [0, 0.05) is 0 Å². The summed E-state index contributed by atoms with van der Waals surface area (Å²) in [6, 6.07) is 3.49. The molecule has 26 heavy (non-hydrogen) atoms. The van der Waals surface area contributed by atoms with E-state index in [4.69, 9.17) is 21.1 Å². The monoisotopic (exact) mass is 379 g/mol. The van der Waals surface area contributed by atoms with E-state index in [1.807, 2.05) is 6.92 Å². The first-order valence-electron chi connectivity index (χ1n) is 8.22. The second-order valence-electron chi connectivity index (χ2n) is 5.93. The SMILES string of the molecule is CCOc1cc(/C=N/Nc2nnc(C)c(=O)[nH]2)cc(Cl)c1OCC(C)C. The van der Waals surface area contributed by atoms with Crippen molar-refractivity contribution >= 4 is 23.8 Å². The fraction of sp³-hybridized carbons (Fsp3) is 0.412. The number of aromatic amines is 1. The zero-order chi connectivity index (χ0) is 19.1. The molecule has 0 aliphatic heterocycles. The van der Waals surface area contributed by atoms with Crippen molar-refractivity contribution in [3.8, 4) is 11.5 Å². The number of benzene rings is 1. The van der Waals surface area contributed by atoms with Crippen molar-refractivity contribution in [1.82, 2.24) is 15.2 Å². The molecule has 0 saturated heterocycles. The molecule has 0 aliphatic rings. The molecule has 0 unspecified atom stereocenters. The Morgan fingerprint density at radius 3 is 2.77 bits per heavy atom. The minimum absolute atomic E-state index is 0.143. The third-order valence-corrected chi connectivity index (χ3v) is 3.42. The molecule has 1 aromatic carbocycles. The Morgan fingerprint density at radius 1 is 1.35 bits per heavy atom. The predicted octanol–water partition coefficient (Wildman–Crippen LogP) is 3.01. The van der Waals surface area contributed by atoms with Crippen molar-refractivity contribution in [2.75, 3.05) is 18.6 Å². The van der Waals surface area contributed by atoms with Crippen LogP contribution in [-0.4, -0.2) is 34.6 Å². The summed E-state index contributed by atoms with van der Waals surface area (Å²) in [5, 5.41) is 12.0. The zero-order valence-corrected chi connectivity index (χ0v) is 15.9. The number of H-pyrrole nitrogens is 1. The number of nitrogens with zero attached hydrogens (tertiary/aromatic N) is 3. The molecule has 2 N–H and O–H groups in total. The number of aryl methyl sites for hydroxylation is 1. The second kappa shape index (κ2) is 9.19. The average molecular weight is 380 g/mol. The fourth-order valence-corrected chi connectivity index (χ4v) is 2.20. The van der Waals surface area contributed by atoms with Crippen molar-refractivity contribution < 1.29 is 9.47 Å². The summed E-state index contributed by atoms with van der Waals surface area (Å²) in [4.78, 5) is 14.0. The highest BCUT2D eigenvalue weighted by Crippen LogP contribution is 2.36. The molecule has 0 bridgehead atoms. The van der Waals surface area contributed by atoms with Gasteiger partial charge in [-0.05, 0) is 37.5 Å². The predicted molar refractivity (Wildman–Crippen MR) is 102 cm³/mol. The van der Waals surface area contributed by atoms with Crippen LogP contribution < -0.4 is 20.5 Å². The first kappa shape index (κ1) is 19.7. The van der Waals surface area contributed by atoms with Gasteiger partial charge in [-0.2, -0.15) is 5.10 Å². The van der Waals surface area contributed by atoms with Crippen molar-refractivity contribution in [1.29, 1.82) is 0 Å². The maximum Gasteiger partial charge on any atom is 0.274 e. The fourth-order valence-electron chi connectivity index (χ4n) is 1.93. The molecule has 0 spiro atoms. The van der Waals surface area contributed by atoms with Gasteiger partial charge in [-0.25, -0.2) is 5.43 Å². The lowest BCUT2D eigenvalue weighted by Crippen LogP contribution is -2.15. The standard InChI is InChI=1S/C17H22ClN5O3/c1-5-25-14-7-12(6-13(18)15(14)26-9-10(2)3)8-19-22-17-20-16(24)11(4)21-23-17/h6-8,10H,5,9H2,1-4H3,(H2,20,22,23,24)/b19-8+. The minimum Gasteiger partial charge on any atom is -0.490 e. The third kappa shape index (κ3) is 5.45. The molecule has 2 rings (SSSR count). The largest absolute Gasteiger partial charge is 0.490 e. The summed E-state index contributed by atoms with van der Waals surface area (Å²) >= 11 is 6.33. The summed E-state index contributed by atoms with van der Waals surface area (Å²) in [7, 11) is 0. The number of hydrogen-bond donors (Lipinski definition) is 2. The van der Waals surface area contributed by atoms with E-state index in [1.165, 1.54) is 6.21 Å². The lowest BCUT2D eigenvalue weighted by atomic mass is 10.2. The molecule has 0 radical (unpaired) electrons. The molecule has 0 aliphatic carbocycles. The van der Waals surface area contributed by atoms with Crippen LogP contribution in [0.15, 0.2) is 22.0 Å². The van der Waals surface area contributed by atoms with Gasteiger partial charge >= 0.3 is 0 Å². The first-order chi connectivity index (χ1) is 12.4. The molecule has 0 fully saturated rings. The Kier molecular flexibility index (Phi) is 6.97. The van der Waals surface area contributed by atoms with Gasteiger partial charge in [0.1, 0.15) is 5.69 Å². The number of rotatable bonds is 8. The number of ether oxygens (including phenoxy) is 2. The van der Waals surface area contributed by atoms with Crippen LogP contribution in [0.4, 0.5) is 5.95 Å². The molecule has 1 heterocycles. The maximum absolute atomic E-state index is 11.5. The lowest BCUT2D eigenvalue weighted by Gasteiger charge is -2.15. The van der Waals surface area contributed by atoms with Crippen molar-refractivity contribution in [3.05, 3.63) is 38.8 Å². The van der Waals surface area contributed by atoms with Crippen LogP contribution in [0.2, 0.25) is 5.02 Å². The quantitative estimate of drug-likeness (QED) is 0.540. The van der Waals surface area contributed by atoms with E-state index < -0.39 is 0 Å². The van der Waals surface area contributed by atoms with Crippen molar-refractivity contribution in [2.45, 2.75) is 27.7 Å². The Morgan fingerprint density at radius 2 is 2.12 bits per heavy atom. The summed E-state index contributed by atoms with van der Waals surface area (Å²) in [5.41, 5.74) is 3.27. The van der Waals surface area contributed by atoms with E-state index in [9.17, 15) is 4.79 Å². The number of aromatic nitrogens is 3. The van der Waals surface area contributed by atoms with Gasteiger partial charge < -0.3 is 9.47 Å². The Balaban J connectivity index is 2.17. The summed E-state index contributed by atoms with van der Waals surface area (Å²) in [5.74, 6) is 1.57. The molecular weight excluding hydrogens is 358 g/mol. The van der Waals surface area contributed by atoms with Crippen LogP contribution in [0, 0.1) is 12.8 Å². The van der Waals surface area contributed by atoms with E-state index in [1.54, 1.807) is 19.1 Å². The number of hydrogen-bond acceptors (Lipinski definition) is 7. The molecule has 140 valence electrons. The Bertz CT molecular complexity index is 836.